The zero-order valence-corrected chi connectivity index (χ0v) is 18.6. The van der Waals surface area contributed by atoms with Crippen molar-refractivity contribution < 1.29 is 27.6 Å². The van der Waals surface area contributed by atoms with Crippen LogP contribution in [0.5, 0.6) is 0 Å². The van der Waals surface area contributed by atoms with Gasteiger partial charge in [-0.3, -0.25) is 25.3 Å². The molecule has 4 amide bonds. The van der Waals surface area contributed by atoms with Crippen molar-refractivity contribution in [2.24, 2.45) is 0 Å². The normalized spacial score (nSPS) is 14.8. The molecule has 1 fully saturated rings. The Bertz CT molecular complexity index is 999. The summed E-state index contributed by atoms with van der Waals surface area (Å²) in [6.45, 7) is 3.20. The van der Waals surface area contributed by atoms with E-state index in [9.17, 15) is 27.6 Å². The molecule has 0 radical (unpaired) electrons. The monoisotopic (exact) mass is 477 g/mol. The molecule has 1 saturated heterocycles. The molecule has 1 aliphatic rings. The predicted octanol–water partition coefficient (Wildman–Crippen LogP) is 2.77. The van der Waals surface area contributed by atoms with Crippen LogP contribution in [0.3, 0.4) is 0 Å². The van der Waals surface area contributed by atoms with Gasteiger partial charge >= 0.3 is 18.1 Å². The SMILES string of the molecule is CN1CCCN(C(=O)N(Cc2ccc(C(=O)NNC(=O)C(F)(F)F)cc2)c2ccccc2)CC1. The van der Waals surface area contributed by atoms with Crippen molar-refractivity contribution in [3.63, 3.8) is 0 Å². The van der Waals surface area contributed by atoms with Crippen LogP contribution in [0.15, 0.2) is 54.6 Å². The van der Waals surface area contributed by atoms with Crippen molar-refractivity contribution in [2.75, 3.05) is 38.1 Å². The van der Waals surface area contributed by atoms with E-state index in [4.69, 9.17) is 0 Å². The van der Waals surface area contributed by atoms with Crippen LogP contribution >= 0.6 is 0 Å². The number of nitrogens with zero attached hydrogens (tertiary/aromatic N) is 3. The first-order valence-corrected chi connectivity index (χ1v) is 10.7. The Morgan fingerprint density at radius 2 is 1.59 bits per heavy atom. The number of hydrogen-bond donors (Lipinski definition) is 2. The summed E-state index contributed by atoms with van der Waals surface area (Å²) in [6.07, 6.45) is -4.23. The van der Waals surface area contributed by atoms with Gasteiger partial charge in [0, 0.05) is 30.9 Å². The van der Waals surface area contributed by atoms with Crippen LogP contribution in [0.25, 0.3) is 0 Å². The highest BCUT2D eigenvalue weighted by atomic mass is 19.4. The minimum absolute atomic E-state index is 0.0550. The Morgan fingerprint density at radius 3 is 2.24 bits per heavy atom. The summed E-state index contributed by atoms with van der Waals surface area (Å²) >= 11 is 0. The largest absolute Gasteiger partial charge is 0.472 e. The van der Waals surface area contributed by atoms with E-state index in [1.54, 1.807) is 22.5 Å². The van der Waals surface area contributed by atoms with Gasteiger partial charge in [-0.05, 0) is 49.8 Å². The van der Waals surface area contributed by atoms with Crippen molar-refractivity contribution in [3.05, 3.63) is 65.7 Å². The number of rotatable bonds is 4. The number of hydrogen-bond acceptors (Lipinski definition) is 4. The maximum atomic E-state index is 13.4. The molecule has 11 heteroatoms. The van der Waals surface area contributed by atoms with Gasteiger partial charge in [0.2, 0.25) is 0 Å². The van der Waals surface area contributed by atoms with E-state index in [1.165, 1.54) is 17.6 Å². The fourth-order valence-electron chi connectivity index (χ4n) is 3.49. The fourth-order valence-corrected chi connectivity index (χ4v) is 3.49. The first kappa shape index (κ1) is 25.0. The second-order valence-electron chi connectivity index (χ2n) is 7.95. The lowest BCUT2D eigenvalue weighted by atomic mass is 10.1. The van der Waals surface area contributed by atoms with Crippen LogP contribution in [-0.4, -0.2) is 67.0 Å². The number of carbonyl (C=O) groups is 3. The highest BCUT2D eigenvalue weighted by Gasteiger charge is 2.39. The molecule has 2 aromatic rings. The van der Waals surface area contributed by atoms with Crippen LogP contribution in [-0.2, 0) is 11.3 Å². The zero-order valence-electron chi connectivity index (χ0n) is 18.6. The lowest BCUT2D eigenvalue weighted by molar-refractivity contribution is -0.174. The topological polar surface area (TPSA) is 85.0 Å². The van der Waals surface area contributed by atoms with Crippen molar-refractivity contribution in [3.8, 4) is 0 Å². The van der Waals surface area contributed by atoms with E-state index in [0.29, 0.717) is 13.1 Å². The van der Waals surface area contributed by atoms with Crippen LogP contribution in [0.2, 0.25) is 0 Å². The molecule has 0 aliphatic carbocycles. The molecule has 2 N–H and O–H groups in total. The van der Waals surface area contributed by atoms with Crippen LogP contribution in [0.1, 0.15) is 22.3 Å². The maximum Gasteiger partial charge on any atom is 0.472 e. The molecule has 0 unspecified atom stereocenters. The van der Waals surface area contributed by atoms with Gasteiger partial charge in [0.05, 0.1) is 6.54 Å². The summed E-state index contributed by atoms with van der Waals surface area (Å²) in [6, 6.07) is 15.1. The summed E-state index contributed by atoms with van der Waals surface area (Å²) in [5, 5.41) is 0. The van der Waals surface area contributed by atoms with E-state index < -0.39 is 18.0 Å². The zero-order chi connectivity index (χ0) is 24.7. The van der Waals surface area contributed by atoms with Crippen molar-refractivity contribution >= 4 is 23.5 Å². The highest BCUT2D eigenvalue weighted by molar-refractivity contribution is 5.96. The fraction of sp³-hybridized carbons (Fsp3) is 0.348. The Hall–Kier alpha value is -3.60. The average Bonchev–Trinajstić information content (AvgIpc) is 3.05. The number of halogens is 3. The molecule has 8 nitrogen and oxygen atoms in total. The van der Waals surface area contributed by atoms with E-state index in [2.05, 4.69) is 4.90 Å². The molecule has 1 aliphatic heterocycles. The number of benzene rings is 2. The number of likely N-dealkylation sites (N-methyl/N-ethyl adjacent to an activating group) is 1. The third kappa shape index (κ3) is 6.70. The molecule has 0 spiro atoms. The molecule has 0 atom stereocenters. The van der Waals surface area contributed by atoms with Gasteiger partial charge in [0.15, 0.2) is 0 Å². The van der Waals surface area contributed by atoms with Gasteiger partial charge in [0.25, 0.3) is 5.91 Å². The Kier molecular flexibility index (Phi) is 8.11. The van der Waals surface area contributed by atoms with Crippen LogP contribution in [0, 0.1) is 0 Å². The maximum absolute atomic E-state index is 13.4. The number of hydrazine groups is 1. The lowest BCUT2D eigenvalue weighted by Gasteiger charge is -2.30. The average molecular weight is 477 g/mol. The number of para-hydroxylation sites is 1. The van der Waals surface area contributed by atoms with Gasteiger partial charge in [-0.25, -0.2) is 4.79 Å². The van der Waals surface area contributed by atoms with Gasteiger partial charge < -0.3 is 9.80 Å². The number of nitrogens with one attached hydrogen (secondary N) is 2. The number of anilines is 1. The summed E-state index contributed by atoms with van der Waals surface area (Å²) < 4.78 is 36.8. The van der Waals surface area contributed by atoms with Crippen LogP contribution in [0.4, 0.5) is 23.7 Å². The molecule has 34 heavy (non-hydrogen) atoms. The molecule has 0 aromatic heterocycles. The van der Waals surface area contributed by atoms with E-state index in [1.807, 2.05) is 42.3 Å². The third-order valence-corrected chi connectivity index (χ3v) is 5.39. The molecular formula is C23H26F3N5O3. The smallest absolute Gasteiger partial charge is 0.323 e. The molecule has 0 saturated carbocycles. The number of carbonyl (C=O) groups excluding carboxylic acids is 3. The van der Waals surface area contributed by atoms with Gasteiger partial charge in [-0.2, -0.15) is 13.2 Å². The lowest BCUT2D eigenvalue weighted by Crippen LogP contribution is -2.47. The Labute approximate surface area is 195 Å². The Balaban J connectivity index is 1.71. The molecule has 182 valence electrons. The standard InChI is InChI=1S/C23H26F3N5O3/c1-29-12-5-13-30(15-14-29)22(34)31(19-6-3-2-4-7-19)16-17-8-10-18(11-9-17)20(32)27-28-21(33)23(24,25)26/h2-4,6-11H,5,12-16H2,1H3,(H,27,32)(H,28,33). The summed E-state index contributed by atoms with van der Waals surface area (Å²) in [4.78, 5) is 42.0. The minimum Gasteiger partial charge on any atom is -0.323 e. The van der Waals surface area contributed by atoms with Crippen molar-refractivity contribution in [1.29, 1.82) is 0 Å². The highest BCUT2D eigenvalue weighted by Crippen LogP contribution is 2.20. The summed E-state index contributed by atoms with van der Waals surface area (Å²) in [5.74, 6) is -3.16. The first-order chi connectivity index (χ1) is 16.1. The second-order valence-corrected chi connectivity index (χ2v) is 7.95. The molecular weight excluding hydrogens is 451 g/mol. The predicted molar refractivity (Wildman–Crippen MR) is 120 cm³/mol. The molecule has 1 heterocycles. The summed E-state index contributed by atoms with van der Waals surface area (Å²) in [5.41, 5.74) is 4.55. The van der Waals surface area contributed by atoms with E-state index in [0.717, 1.165) is 30.8 Å². The quantitative estimate of drug-likeness (QED) is 0.664. The van der Waals surface area contributed by atoms with Gasteiger partial charge in [0.1, 0.15) is 0 Å². The van der Waals surface area contributed by atoms with E-state index >= 15 is 0 Å². The van der Waals surface area contributed by atoms with E-state index in [-0.39, 0.29) is 18.1 Å². The molecule has 0 bridgehead atoms. The van der Waals surface area contributed by atoms with Gasteiger partial charge in [-0.15, -0.1) is 0 Å². The minimum atomic E-state index is -5.10. The number of amides is 4. The number of alkyl halides is 3. The number of urea groups is 1. The van der Waals surface area contributed by atoms with Crippen molar-refractivity contribution in [1.82, 2.24) is 20.7 Å². The van der Waals surface area contributed by atoms with Crippen LogP contribution < -0.4 is 15.8 Å². The van der Waals surface area contributed by atoms with Gasteiger partial charge in [-0.1, -0.05) is 30.3 Å². The third-order valence-electron chi connectivity index (χ3n) is 5.39. The second kappa shape index (κ2) is 11.0. The molecule has 2 aromatic carbocycles. The summed E-state index contributed by atoms with van der Waals surface area (Å²) in [7, 11) is 2.02. The van der Waals surface area contributed by atoms with Crippen molar-refractivity contribution in [2.45, 2.75) is 19.1 Å². The Morgan fingerprint density at radius 1 is 0.912 bits per heavy atom. The first-order valence-electron chi connectivity index (χ1n) is 10.7. The molecule has 3 rings (SSSR count).